The van der Waals surface area contributed by atoms with Gasteiger partial charge in [0.2, 0.25) is 0 Å². The summed E-state index contributed by atoms with van der Waals surface area (Å²) in [4.78, 5) is 25.0. The number of carbonyl (C=O) groups is 1. The summed E-state index contributed by atoms with van der Waals surface area (Å²) in [5, 5.41) is 13.8. The van der Waals surface area contributed by atoms with Crippen molar-refractivity contribution in [2.24, 2.45) is 0 Å². The van der Waals surface area contributed by atoms with Crippen LogP contribution in [0.4, 0.5) is 11.4 Å². The van der Waals surface area contributed by atoms with Crippen molar-refractivity contribution in [2.75, 3.05) is 5.32 Å². The lowest BCUT2D eigenvalue weighted by atomic mass is 10.0. The first-order valence-electron chi connectivity index (χ1n) is 10.7. The van der Waals surface area contributed by atoms with E-state index < -0.39 is 4.92 Å². The maximum atomic E-state index is 12.5. The second-order valence-electron chi connectivity index (χ2n) is 8.07. The van der Waals surface area contributed by atoms with Crippen LogP contribution in [-0.4, -0.2) is 15.4 Å². The number of nitro benzene ring substituents is 1. The third-order valence-electron chi connectivity index (χ3n) is 5.86. The number of nitrogens with one attached hydrogen (secondary N) is 1. The molecular weight excluding hydrogens is 446 g/mol. The molecule has 34 heavy (non-hydrogen) atoms. The zero-order valence-electron chi connectivity index (χ0n) is 18.6. The van der Waals surface area contributed by atoms with Crippen molar-refractivity contribution >= 4 is 40.7 Å². The summed E-state index contributed by atoms with van der Waals surface area (Å²) in [6.45, 7) is 4.11. The highest BCUT2D eigenvalue weighted by molar-refractivity contribution is 7.99. The number of rotatable bonds is 5. The zero-order chi connectivity index (χ0) is 23.8. The van der Waals surface area contributed by atoms with Gasteiger partial charge in [0, 0.05) is 55.8 Å². The number of aryl methyl sites for hydroxylation is 1. The molecule has 0 saturated carbocycles. The van der Waals surface area contributed by atoms with Crippen molar-refractivity contribution in [3.63, 3.8) is 0 Å². The van der Waals surface area contributed by atoms with Gasteiger partial charge in [-0.2, -0.15) is 0 Å². The fraction of sp³-hybridized carbons (Fsp3) is 0.0741. The molecule has 0 radical (unpaired) electrons. The number of non-ortho nitro benzene ring substituents is 1. The minimum Gasteiger partial charge on any atom is -0.321 e. The van der Waals surface area contributed by atoms with Crippen molar-refractivity contribution in [1.82, 2.24) is 4.57 Å². The van der Waals surface area contributed by atoms with Crippen LogP contribution in [0.25, 0.3) is 17.3 Å². The number of hydrogen-bond acceptors (Lipinski definition) is 4. The Morgan fingerprint density at radius 3 is 2.26 bits per heavy atom. The number of amides is 1. The SMILES string of the molecule is Cc1cc(/C=C2/C(=O)Nc3ccccc32)c(C)n1-c1ccc(Sc2ccc([N+](=O)[O-])cc2)cc1. The molecule has 7 heteroatoms. The highest BCUT2D eigenvalue weighted by Gasteiger charge is 2.24. The molecular formula is C27H21N3O3S. The van der Waals surface area contributed by atoms with Crippen LogP contribution in [0.5, 0.6) is 0 Å². The Hall–Kier alpha value is -4.10. The Morgan fingerprint density at radius 1 is 0.941 bits per heavy atom. The molecule has 2 heterocycles. The van der Waals surface area contributed by atoms with Crippen LogP contribution in [0.1, 0.15) is 22.5 Å². The average molecular weight is 468 g/mol. The molecule has 0 fully saturated rings. The topological polar surface area (TPSA) is 77.2 Å². The quantitative estimate of drug-likeness (QED) is 0.203. The summed E-state index contributed by atoms with van der Waals surface area (Å²) >= 11 is 1.55. The van der Waals surface area contributed by atoms with Gasteiger partial charge >= 0.3 is 0 Å². The number of anilines is 1. The highest BCUT2D eigenvalue weighted by atomic mass is 32.2. The predicted octanol–water partition coefficient (Wildman–Crippen LogP) is 6.65. The van der Waals surface area contributed by atoms with E-state index in [-0.39, 0.29) is 11.6 Å². The highest BCUT2D eigenvalue weighted by Crippen LogP contribution is 2.35. The molecule has 5 rings (SSSR count). The van der Waals surface area contributed by atoms with Crippen molar-refractivity contribution < 1.29 is 9.72 Å². The molecule has 0 spiro atoms. The van der Waals surface area contributed by atoms with Gasteiger partial charge in [-0.3, -0.25) is 14.9 Å². The number of hydrogen-bond donors (Lipinski definition) is 1. The van der Waals surface area contributed by atoms with Crippen LogP contribution in [0.2, 0.25) is 0 Å². The van der Waals surface area contributed by atoms with Crippen LogP contribution in [0.15, 0.2) is 88.7 Å². The van der Waals surface area contributed by atoms with E-state index in [1.165, 1.54) is 12.1 Å². The summed E-state index contributed by atoms with van der Waals surface area (Å²) in [5.74, 6) is -0.0846. The zero-order valence-corrected chi connectivity index (χ0v) is 19.4. The molecule has 1 aromatic heterocycles. The molecule has 4 aromatic rings. The van der Waals surface area contributed by atoms with Crippen LogP contribution >= 0.6 is 11.8 Å². The van der Waals surface area contributed by atoms with Crippen molar-refractivity contribution in [2.45, 2.75) is 23.6 Å². The lowest BCUT2D eigenvalue weighted by Gasteiger charge is -2.11. The first-order valence-corrected chi connectivity index (χ1v) is 11.6. The van der Waals surface area contributed by atoms with Gasteiger partial charge in [-0.05, 0) is 74.0 Å². The van der Waals surface area contributed by atoms with E-state index in [0.29, 0.717) is 5.57 Å². The van der Waals surface area contributed by atoms with Crippen LogP contribution in [-0.2, 0) is 4.79 Å². The molecule has 0 atom stereocenters. The summed E-state index contributed by atoms with van der Waals surface area (Å²) in [6.07, 6.45) is 1.96. The fourth-order valence-corrected chi connectivity index (χ4v) is 5.02. The maximum Gasteiger partial charge on any atom is 0.269 e. The molecule has 1 aliphatic rings. The number of fused-ring (bicyclic) bond motifs is 1. The van der Waals surface area contributed by atoms with Crippen molar-refractivity contribution in [1.29, 1.82) is 0 Å². The molecule has 0 bridgehead atoms. The normalized spacial score (nSPS) is 13.7. The van der Waals surface area contributed by atoms with E-state index in [0.717, 1.165) is 43.7 Å². The van der Waals surface area contributed by atoms with E-state index in [9.17, 15) is 14.9 Å². The monoisotopic (exact) mass is 467 g/mol. The van der Waals surface area contributed by atoms with Crippen molar-refractivity contribution in [3.05, 3.63) is 111 Å². The molecule has 1 aliphatic heterocycles. The summed E-state index contributed by atoms with van der Waals surface area (Å²) in [6, 6.07) is 24.6. The number of nitrogens with zero attached hydrogens (tertiary/aromatic N) is 2. The van der Waals surface area contributed by atoms with Gasteiger partial charge in [0.05, 0.1) is 4.92 Å². The lowest BCUT2D eigenvalue weighted by Crippen LogP contribution is -2.03. The van der Waals surface area contributed by atoms with Gasteiger partial charge in [-0.25, -0.2) is 0 Å². The molecule has 0 saturated heterocycles. The summed E-state index contributed by atoms with van der Waals surface area (Å²) in [5.41, 5.74) is 6.68. The second-order valence-corrected chi connectivity index (χ2v) is 9.21. The van der Waals surface area contributed by atoms with Crippen LogP contribution in [0, 0.1) is 24.0 Å². The molecule has 3 aromatic carbocycles. The minimum absolute atomic E-state index is 0.0846. The van der Waals surface area contributed by atoms with E-state index in [4.69, 9.17) is 0 Å². The number of para-hydroxylation sites is 1. The number of carbonyl (C=O) groups excluding carboxylic acids is 1. The summed E-state index contributed by atoms with van der Waals surface area (Å²) < 4.78 is 2.17. The third kappa shape index (κ3) is 4.02. The molecule has 6 nitrogen and oxygen atoms in total. The maximum absolute atomic E-state index is 12.5. The van der Waals surface area contributed by atoms with E-state index >= 15 is 0 Å². The second kappa shape index (κ2) is 8.68. The number of nitro groups is 1. The molecule has 0 aliphatic carbocycles. The summed E-state index contributed by atoms with van der Waals surface area (Å²) in [7, 11) is 0. The van der Waals surface area contributed by atoms with Gasteiger partial charge in [0.15, 0.2) is 0 Å². The number of benzene rings is 3. The number of aromatic nitrogens is 1. The van der Waals surface area contributed by atoms with Gasteiger partial charge < -0.3 is 9.88 Å². The Morgan fingerprint density at radius 2 is 1.59 bits per heavy atom. The van der Waals surface area contributed by atoms with Gasteiger partial charge in [0.25, 0.3) is 11.6 Å². The largest absolute Gasteiger partial charge is 0.321 e. The van der Waals surface area contributed by atoms with E-state index in [1.807, 2.05) is 42.5 Å². The predicted molar refractivity (Wildman–Crippen MR) is 135 cm³/mol. The van der Waals surface area contributed by atoms with Crippen LogP contribution < -0.4 is 5.32 Å². The Labute approximate surface area is 201 Å². The van der Waals surface area contributed by atoms with Crippen molar-refractivity contribution in [3.8, 4) is 5.69 Å². The van der Waals surface area contributed by atoms with E-state index in [2.05, 4.69) is 41.9 Å². The molecule has 1 N–H and O–H groups in total. The molecule has 168 valence electrons. The Kier molecular flexibility index (Phi) is 5.55. The van der Waals surface area contributed by atoms with Gasteiger partial charge in [-0.15, -0.1) is 0 Å². The Balaban J connectivity index is 1.41. The first kappa shape index (κ1) is 21.7. The smallest absolute Gasteiger partial charge is 0.269 e. The fourth-order valence-electron chi connectivity index (χ4n) is 4.20. The van der Waals surface area contributed by atoms with E-state index in [1.54, 1.807) is 23.9 Å². The first-order chi connectivity index (χ1) is 16.4. The lowest BCUT2D eigenvalue weighted by molar-refractivity contribution is -0.384. The van der Waals surface area contributed by atoms with Gasteiger partial charge in [0.1, 0.15) is 0 Å². The molecule has 1 amide bonds. The third-order valence-corrected chi connectivity index (χ3v) is 6.87. The Bertz CT molecular complexity index is 1450. The standard InChI is InChI=1S/C27H21N3O3S/c1-17-15-19(16-25-24-5-3-4-6-26(24)28-27(25)31)18(2)29(17)20-7-11-22(12-8-20)34-23-13-9-21(10-14-23)30(32)33/h3-16H,1-2H3,(H,28,31)/b25-16+. The molecule has 0 unspecified atom stereocenters. The minimum atomic E-state index is -0.396. The van der Waals surface area contributed by atoms with Crippen LogP contribution in [0.3, 0.4) is 0 Å². The average Bonchev–Trinajstić information content (AvgIpc) is 3.30. The van der Waals surface area contributed by atoms with Gasteiger partial charge in [-0.1, -0.05) is 30.0 Å².